The summed E-state index contributed by atoms with van der Waals surface area (Å²) in [5.41, 5.74) is 1.75. The fourth-order valence-electron chi connectivity index (χ4n) is 3.58. The van der Waals surface area contributed by atoms with Crippen LogP contribution in [0.3, 0.4) is 0 Å². The van der Waals surface area contributed by atoms with Gasteiger partial charge in [0.2, 0.25) is 5.88 Å². The highest BCUT2D eigenvalue weighted by Crippen LogP contribution is 2.39. The van der Waals surface area contributed by atoms with Gasteiger partial charge in [0, 0.05) is 16.8 Å². The number of H-pyrrole nitrogens is 1. The Balaban J connectivity index is 1.62. The van der Waals surface area contributed by atoms with E-state index in [0.29, 0.717) is 16.8 Å². The third-order valence-corrected chi connectivity index (χ3v) is 6.42. The van der Waals surface area contributed by atoms with Crippen molar-refractivity contribution in [3.8, 4) is 5.88 Å². The number of aromatic hydroxyl groups is 1. The predicted molar refractivity (Wildman–Crippen MR) is 121 cm³/mol. The van der Waals surface area contributed by atoms with Crippen molar-refractivity contribution >= 4 is 44.1 Å². The van der Waals surface area contributed by atoms with Gasteiger partial charge >= 0.3 is 0 Å². The Labute approximate surface area is 182 Å². The van der Waals surface area contributed by atoms with E-state index in [1.807, 2.05) is 38.1 Å². The Hall–Kier alpha value is -3.33. The van der Waals surface area contributed by atoms with Crippen molar-refractivity contribution in [1.29, 1.82) is 0 Å². The number of nitrogens with zero attached hydrogens (tertiary/aromatic N) is 4. The first kappa shape index (κ1) is 20.9. The number of carbonyl (C=O) groups excluding carboxylic acids is 1. The van der Waals surface area contributed by atoms with Crippen molar-refractivity contribution in [3.63, 3.8) is 0 Å². The van der Waals surface area contributed by atoms with Gasteiger partial charge in [-0.1, -0.05) is 31.5 Å². The Bertz CT molecular complexity index is 1380. The lowest BCUT2D eigenvalue weighted by Crippen LogP contribution is -2.13. The van der Waals surface area contributed by atoms with Gasteiger partial charge in [-0.05, 0) is 31.9 Å². The molecule has 0 bridgehead atoms. The summed E-state index contributed by atoms with van der Waals surface area (Å²) in [6.45, 7) is 6.55. The van der Waals surface area contributed by atoms with Gasteiger partial charge in [0.15, 0.2) is 5.69 Å². The third kappa shape index (κ3) is 3.88. The minimum Gasteiger partial charge on any atom is -0.493 e. The maximum Gasteiger partial charge on any atom is 0.272 e. The van der Waals surface area contributed by atoms with Gasteiger partial charge in [-0.15, -0.1) is 21.6 Å². The fourth-order valence-corrected chi connectivity index (χ4v) is 4.63. The van der Waals surface area contributed by atoms with Crippen molar-refractivity contribution in [3.05, 3.63) is 50.9 Å². The molecule has 160 valence electrons. The standard InChI is InChI=1S/C22H23N5O3S/c1-4-5-10-27-15-9-7-6-8-14(15)19(22(27)30)26-25-17(28)11-16-23-20(29)18-12(2)13(3)31-21(18)24-16/h6-9,30H,4-5,10-11H2,1-3H3,(H,23,24,29). The van der Waals surface area contributed by atoms with Crippen LogP contribution in [0.2, 0.25) is 0 Å². The van der Waals surface area contributed by atoms with Crippen LogP contribution in [0.4, 0.5) is 5.69 Å². The second kappa shape index (κ2) is 8.43. The van der Waals surface area contributed by atoms with Crippen molar-refractivity contribution in [1.82, 2.24) is 14.5 Å². The number of aromatic nitrogens is 3. The highest BCUT2D eigenvalue weighted by molar-refractivity contribution is 7.18. The van der Waals surface area contributed by atoms with Gasteiger partial charge in [0.25, 0.3) is 11.5 Å². The van der Waals surface area contributed by atoms with Crippen LogP contribution in [-0.4, -0.2) is 25.5 Å². The first-order valence-corrected chi connectivity index (χ1v) is 11.0. The number of hydrogen-bond acceptors (Lipinski definition) is 6. The van der Waals surface area contributed by atoms with Crippen LogP contribution in [0.25, 0.3) is 21.1 Å². The van der Waals surface area contributed by atoms with Crippen molar-refractivity contribution < 1.29 is 9.90 Å². The lowest BCUT2D eigenvalue weighted by Gasteiger charge is -2.05. The van der Waals surface area contributed by atoms with E-state index < -0.39 is 5.91 Å². The predicted octanol–water partition coefficient (Wildman–Crippen LogP) is 4.91. The number of benzene rings is 1. The highest BCUT2D eigenvalue weighted by Gasteiger charge is 2.17. The normalized spacial score (nSPS) is 11.8. The number of azo groups is 1. The number of nitrogens with one attached hydrogen (secondary N) is 1. The Morgan fingerprint density at radius 1 is 1.29 bits per heavy atom. The summed E-state index contributed by atoms with van der Waals surface area (Å²) in [6, 6.07) is 7.48. The van der Waals surface area contributed by atoms with E-state index in [0.717, 1.165) is 34.2 Å². The van der Waals surface area contributed by atoms with Gasteiger partial charge in [0.05, 0.1) is 17.3 Å². The second-order valence-electron chi connectivity index (χ2n) is 7.44. The first-order chi connectivity index (χ1) is 14.9. The lowest BCUT2D eigenvalue weighted by atomic mass is 10.2. The molecule has 0 aliphatic heterocycles. The smallest absolute Gasteiger partial charge is 0.272 e. The molecule has 9 heteroatoms. The second-order valence-corrected chi connectivity index (χ2v) is 8.64. The number of rotatable bonds is 6. The fraction of sp³-hybridized carbons (Fsp3) is 0.318. The molecule has 3 heterocycles. The van der Waals surface area contributed by atoms with Crippen LogP contribution < -0.4 is 5.56 Å². The lowest BCUT2D eigenvalue weighted by molar-refractivity contribution is -0.117. The van der Waals surface area contributed by atoms with Crippen LogP contribution >= 0.6 is 11.3 Å². The van der Waals surface area contributed by atoms with E-state index >= 15 is 0 Å². The Morgan fingerprint density at radius 2 is 2.06 bits per heavy atom. The minimum absolute atomic E-state index is 0.0105. The van der Waals surface area contributed by atoms with Crippen molar-refractivity contribution in [2.45, 2.75) is 46.6 Å². The molecule has 0 aliphatic carbocycles. The van der Waals surface area contributed by atoms with Gasteiger partial charge in [-0.2, -0.15) is 0 Å². The summed E-state index contributed by atoms with van der Waals surface area (Å²) in [4.78, 5) is 33.5. The van der Waals surface area contributed by atoms with Crippen LogP contribution in [0.15, 0.2) is 39.3 Å². The number of unbranched alkanes of at least 4 members (excludes halogenated alkanes) is 1. The number of para-hydroxylation sites is 1. The number of amides is 1. The number of thiophene rings is 1. The Kier molecular flexibility index (Phi) is 5.69. The molecule has 2 N–H and O–H groups in total. The molecule has 8 nitrogen and oxygen atoms in total. The summed E-state index contributed by atoms with van der Waals surface area (Å²) in [6.07, 6.45) is 1.71. The molecule has 0 fully saturated rings. The first-order valence-electron chi connectivity index (χ1n) is 10.1. The van der Waals surface area contributed by atoms with Gasteiger partial charge < -0.3 is 14.7 Å². The highest BCUT2D eigenvalue weighted by atomic mass is 32.1. The summed E-state index contributed by atoms with van der Waals surface area (Å²) >= 11 is 1.42. The van der Waals surface area contributed by atoms with Crippen LogP contribution in [-0.2, 0) is 17.8 Å². The van der Waals surface area contributed by atoms with Crippen LogP contribution in [0.1, 0.15) is 36.0 Å². The number of carbonyl (C=O) groups is 1. The monoisotopic (exact) mass is 437 g/mol. The van der Waals surface area contributed by atoms with E-state index in [1.54, 1.807) is 4.57 Å². The zero-order valence-corrected chi connectivity index (χ0v) is 18.4. The molecule has 0 atom stereocenters. The molecular weight excluding hydrogens is 414 g/mol. The summed E-state index contributed by atoms with van der Waals surface area (Å²) in [5, 5.41) is 19.8. The molecule has 0 aliphatic rings. The Morgan fingerprint density at radius 3 is 2.84 bits per heavy atom. The molecule has 31 heavy (non-hydrogen) atoms. The van der Waals surface area contributed by atoms with E-state index in [2.05, 4.69) is 27.1 Å². The zero-order chi connectivity index (χ0) is 22.1. The van der Waals surface area contributed by atoms with Gasteiger partial charge in [-0.3, -0.25) is 9.59 Å². The molecule has 4 aromatic rings. The molecule has 4 rings (SSSR count). The summed E-state index contributed by atoms with van der Waals surface area (Å²) in [5.74, 6) is -0.321. The molecule has 0 saturated heterocycles. The van der Waals surface area contributed by atoms with Crippen molar-refractivity contribution in [2.24, 2.45) is 10.2 Å². The average molecular weight is 438 g/mol. The van der Waals surface area contributed by atoms with E-state index in [9.17, 15) is 14.7 Å². The summed E-state index contributed by atoms with van der Waals surface area (Å²) < 4.78 is 1.78. The van der Waals surface area contributed by atoms with Crippen molar-refractivity contribution in [2.75, 3.05) is 0 Å². The number of aromatic amines is 1. The quantitative estimate of drug-likeness (QED) is 0.417. The maximum atomic E-state index is 12.4. The number of aryl methyl sites for hydroxylation is 3. The molecule has 1 amide bonds. The zero-order valence-electron chi connectivity index (χ0n) is 17.6. The molecule has 0 spiro atoms. The van der Waals surface area contributed by atoms with Gasteiger partial charge in [-0.25, -0.2) is 4.98 Å². The SMILES string of the molecule is CCCCn1c(O)c(N=NC(=O)Cc2nc3sc(C)c(C)c3c(=O)[nH]2)c2ccccc21. The molecular formula is C22H23N5O3S. The maximum absolute atomic E-state index is 12.4. The molecule has 3 aromatic heterocycles. The third-order valence-electron chi connectivity index (χ3n) is 5.32. The van der Waals surface area contributed by atoms with E-state index in [4.69, 9.17) is 0 Å². The molecule has 1 aromatic carbocycles. The summed E-state index contributed by atoms with van der Waals surface area (Å²) in [7, 11) is 0. The number of hydrogen-bond donors (Lipinski definition) is 2. The number of fused-ring (bicyclic) bond motifs is 2. The molecule has 0 unspecified atom stereocenters. The van der Waals surface area contributed by atoms with Crippen LogP contribution in [0.5, 0.6) is 5.88 Å². The minimum atomic E-state index is -0.558. The molecule has 0 radical (unpaired) electrons. The topological polar surface area (TPSA) is 113 Å². The largest absolute Gasteiger partial charge is 0.493 e. The van der Waals surface area contributed by atoms with E-state index in [-0.39, 0.29) is 29.4 Å². The van der Waals surface area contributed by atoms with E-state index in [1.165, 1.54) is 11.3 Å². The molecule has 0 saturated carbocycles. The van der Waals surface area contributed by atoms with Gasteiger partial charge in [0.1, 0.15) is 10.7 Å². The average Bonchev–Trinajstić information content (AvgIpc) is 3.17. The van der Waals surface area contributed by atoms with Crippen LogP contribution in [0, 0.1) is 13.8 Å².